The molecule has 1 amide bonds. The van der Waals surface area contributed by atoms with E-state index >= 15 is 0 Å². The fourth-order valence-corrected chi connectivity index (χ4v) is 1.57. The molecule has 1 aliphatic heterocycles. The Kier molecular flexibility index (Phi) is 2.02. The van der Waals surface area contributed by atoms with Gasteiger partial charge in [0.15, 0.2) is 0 Å². The lowest BCUT2D eigenvalue weighted by molar-refractivity contribution is -0.115. The van der Waals surface area contributed by atoms with Crippen LogP contribution in [0, 0.1) is 0 Å². The molecule has 0 radical (unpaired) electrons. The molecule has 2 N–H and O–H groups in total. The minimum absolute atomic E-state index is 0.0520. The molecule has 3 heteroatoms. The molecule has 0 saturated heterocycles. The highest BCUT2D eigenvalue weighted by atomic mass is 16.2. The van der Waals surface area contributed by atoms with Crippen LogP contribution >= 0.6 is 0 Å². The molecule has 0 unspecified atom stereocenters. The number of rotatable bonds is 2. The topological polar surface area (TPSA) is 49.3 Å². The summed E-state index contributed by atoms with van der Waals surface area (Å²) in [7, 11) is 0. The Morgan fingerprint density at radius 3 is 3.08 bits per heavy atom. The maximum absolute atomic E-state index is 11.0. The fraction of sp³-hybridized carbons (Fsp3) is 0.300. The Balaban J connectivity index is 2.29. The summed E-state index contributed by atoms with van der Waals surface area (Å²) in [4.78, 5) is 11.0. The summed E-state index contributed by atoms with van der Waals surface area (Å²) in [5, 5.41) is 11.5. The average molecular weight is 177 g/mol. The van der Waals surface area contributed by atoms with Crippen molar-refractivity contribution in [2.45, 2.75) is 12.8 Å². The first kappa shape index (κ1) is 8.26. The molecule has 0 aliphatic carbocycles. The van der Waals surface area contributed by atoms with Crippen LogP contribution in [0.1, 0.15) is 11.1 Å². The van der Waals surface area contributed by atoms with Gasteiger partial charge in [0.1, 0.15) is 0 Å². The van der Waals surface area contributed by atoms with Gasteiger partial charge in [0.2, 0.25) is 5.91 Å². The Bertz CT molecular complexity index is 347. The van der Waals surface area contributed by atoms with E-state index in [1.165, 1.54) is 0 Å². The van der Waals surface area contributed by atoms with Crippen LogP contribution in [0.15, 0.2) is 18.2 Å². The number of hydrogen-bond acceptors (Lipinski definition) is 2. The molecule has 1 aromatic carbocycles. The third-order valence-electron chi connectivity index (χ3n) is 2.20. The molecule has 1 heterocycles. The summed E-state index contributed by atoms with van der Waals surface area (Å²) < 4.78 is 0. The molecule has 68 valence electrons. The number of fused-ring (bicyclic) bond motifs is 1. The molecular formula is C10H11NO2. The molecule has 1 aromatic rings. The van der Waals surface area contributed by atoms with Crippen LogP contribution in [0.4, 0.5) is 5.69 Å². The van der Waals surface area contributed by atoms with Crippen LogP contribution in [0.3, 0.4) is 0 Å². The van der Waals surface area contributed by atoms with Gasteiger partial charge in [-0.05, 0) is 23.6 Å². The highest BCUT2D eigenvalue weighted by Crippen LogP contribution is 2.23. The molecule has 3 nitrogen and oxygen atoms in total. The zero-order valence-electron chi connectivity index (χ0n) is 7.21. The smallest absolute Gasteiger partial charge is 0.228 e. The summed E-state index contributed by atoms with van der Waals surface area (Å²) in [6.45, 7) is 0.153. The SMILES string of the molecule is O=C1Cc2cc(CCO)ccc2N1. The van der Waals surface area contributed by atoms with E-state index in [0.717, 1.165) is 16.8 Å². The molecule has 0 saturated carbocycles. The number of amides is 1. The Morgan fingerprint density at radius 2 is 2.31 bits per heavy atom. The lowest BCUT2D eigenvalue weighted by Crippen LogP contribution is -2.03. The van der Waals surface area contributed by atoms with Crippen molar-refractivity contribution >= 4 is 11.6 Å². The quantitative estimate of drug-likeness (QED) is 0.699. The zero-order chi connectivity index (χ0) is 9.26. The predicted molar refractivity (Wildman–Crippen MR) is 49.6 cm³/mol. The van der Waals surface area contributed by atoms with Crippen LogP contribution in [0.25, 0.3) is 0 Å². The van der Waals surface area contributed by atoms with Crippen molar-refractivity contribution < 1.29 is 9.90 Å². The third kappa shape index (κ3) is 1.55. The van der Waals surface area contributed by atoms with Gasteiger partial charge < -0.3 is 10.4 Å². The van der Waals surface area contributed by atoms with E-state index in [2.05, 4.69) is 5.32 Å². The summed E-state index contributed by atoms with van der Waals surface area (Å²) in [6.07, 6.45) is 1.12. The number of carbonyl (C=O) groups is 1. The predicted octanol–water partition coefficient (Wildman–Crippen LogP) is 0.716. The molecule has 0 spiro atoms. The van der Waals surface area contributed by atoms with Gasteiger partial charge in [0, 0.05) is 12.3 Å². The summed E-state index contributed by atoms with van der Waals surface area (Å²) in [5.74, 6) is 0.0520. The standard InChI is InChI=1S/C10H11NO2/c12-4-3-7-1-2-9-8(5-7)6-10(13)11-9/h1-2,5,12H,3-4,6H2,(H,11,13). The number of nitrogens with one attached hydrogen (secondary N) is 1. The van der Waals surface area contributed by atoms with E-state index in [0.29, 0.717) is 12.8 Å². The molecule has 0 aromatic heterocycles. The van der Waals surface area contributed by atoms with Crippen molar-refractivity contribution in [3.63, 3.8) is 0 Å². The molecule has 0 atom stereocenters. The lowest BCUT2D eigenvalue weighted by atomic mass is 10.1. The lowest BCUT2D eigenvalue weighted by Gasteiger charge is -2.01. The van der Waals surface area contributed by atoms with E-state index in [1.54, 1.807) is 0 Å². The van der Waals surface area contributed by atoms with Crippen molar-refractivity contribution in [2.24, 2.45) is 0 Å². The van der Waals surface area contributed by atoms with E-state index in [9.17, 15) is 4.79 Å². The van der Waals surface area contributed by atoms with Gasteiger partial charge in [0.05, 0.1) is 6.42 Å². The maximum Gasteiger partial charge on any atom is 0.228 e. The van der Waals surface area contributed by atoms with Gasteiger partial charge in [-0.3, -0.25) is 4.79 Å². The van der Waals surface area contributed by atoms with Crippen molar-refractivity contribution in [1.82, 2.24) is 0 Å². The van der Waals surface area contributed by atoms with Gasteiger partial charge in [-0.2, -0.15) is 0 Å². The monoisotopic (exact) mass is 177 g/mol. The molecular weight excluding hydrogens is 166 g/mol. The van der Waals surface area contributed by atoms with Gasteiger partial charge in [-0.25, -0.2) is 0 Å². The highest BCUT2D eigenvalue weighted by Gasteiger charge is 2.16. The van der Waals surface area contributed by atoms with E-state index in [4.69, 9.17) is 5.11 Å². The van der Waals surface area contributed by atoms with Crippen LogP contribution in [0.2, 0.25) is 0 Å². The Hall–Kier alpha value is -1.35. The minimum atomic E-state index is 0.0520. The molecule has 1 aliphatic rings. The number of carbonyl (C=O) groups excluding carboxylic acids is 1. The Morgan fingerprint density at radius 1 is 1.46 bits per heavy atom. The average Bonchev–Trinajstić information content (AvgIpc) is 2.44. The van der Waals surface area contributed by atoms with Gasteiger partial charge in [-0.15, -0.1) is 0 Å². The zero-order valence-corrected chi connectivity index (χ0v) is 7.21. The number of aliphatic hydroxyl groups excluding tert-OH is 1. The number of anilines is 1. The van der Waals surface area contributed by atoms with Crippen molar-refractivity contribution in [2.75, 3.05) is 11.9 Å². The highest BCUT2D eigenvalue weighted by molar-refractivity contribution is 5.99. The van der Waals surface area contributed by atoms with Crippen LogP contribution in [-0.4, -0.2) is 17.6 Å². The van der Waals surface area contributed by atoms with Crippen LogP contribution in [-0.2, 0) is 17.6 Å². The molecule has 2 rings (SSSR count). The molecule has 0 bridgehead atoms. The van der Waals surface area contributed by atoms with Gasteiger partial charge >= 0.3 is 0 Å². The second-order valence-corrected chi connectivity index (χ2v) is 3.19. The summed E-state index contributed by atoms with van der Waals surface area (Å²) >= 11 is 0. The van der Waals surface area contributed by atoms with E-state index < -0.39 is 0 Å². The van der Waals surface area contributed by atoms with E-state index in [-0.39, 0.29) is 12.5 Å². The fourth-order valence-electron chi connectivity index (χ4n) is 1.57. The second-order valence-electron chi connectivity index (χ2n) is 3.19. The molecule has 13 heavy (non-hydrogen) atoms. The first-order valence-electron chi connectivity index (χ1n) is 4.32. The summed E-state index contributed by atoms with van der Waals surface area (Å²) in [5.41, 5.74) is 3.03. The van der Waals surface area contributed by atoms with Gasteiger partial charge in [0.25, 0.3) is 0 Å². The van der Waals surface area contributed by atoms with E-state index in [1.807, 2.05) is 18.2 Å². The largest absolute Gasteiger partial charge is 0.396 e. The molecule has 0 fully saturated rings. The first-order valence-corrected chi connectivity index (χ1v) is 4.32. The van der Waals surface area contributed by atoms with Crippen molar-refractivity contribution in [3.05, 3.63) is 29.3 Å². The van der Waals surface area contributed by atoms with Crippen LogP contribution in [0.5, 0.6) is 0 Å². The second kappa shape index (κ2) is 3.18. The number of aliphatic hydroxyl groups is 1. The summed E-state index contributed by atoms with van der Waals surface area (Å²) in [6, 6.07) is 5.80. The number of benzene rings is 1. The van der Waals surface area contributed by atoms with Crippen molar-refractivity contribution in [1.29, 1.82) is 0 Å². The van der Waals surface area contributed by atoms with Crippen LogP contribution < -0.4 is 5.32 Å². The Labute approximate surface area is 76.4 Å². The first-order chi connectivity index (χ1) is 6.29. The third-order valence-corrected chi connectivity index (χ3v) is 2.20. The van der Waals surface area contributed by atoms with Crippen molar-refractivity contribution in [3.8, 4) is 0 Å². The number of hydrogen-bond donors (Lipinski definition) is 2. The minimum Gasteiger partial charge on any atom is -0.396 e. The van der Waals surface area contributed by atoms with Gasteiger partial charge in [-0.1, -0.05) is 12.1 Å². The maximum atomic E-state index is 11.0. The normalized spacial score (nSPS) is 14.1.